The molecule has 2 aromatic rings. The normalized spacial score (nSPS) is 15.9. The molecule has 150 valence electrons. The van der Waals surface area contributed by atoms with Gasteiger partial charge in [-0.3, -0.25) is 19.8 Å². The van der Waals surface area contributed by atoms with Gasteiger partial charge in [-0.15, -0.1) is 0 Å². The predicted octanol–water partition coefficient (Wildman–Crippen LogP) is 5.24. The van der Waals surface area contributed by atoms with Gasteiger partial charge in [0.05, 0.1) is 15.4 Å². The molecular formula is C18H11F3N2O4S2. The molecule has 0 atom stereocenters. The fourth-order valence-corrected chi connectivity index (χ4v) is 3.59. The fourth-order valence-electron chi connectivity index (χ4n) is 2.42. The highest BCUT2D eigenvalue weighted by molar-refractivity contribution is 8.26. The molecule has 0 bridgehead atoms. The van der Waals surface area contributed by atoms with Crippen molar-refractivity contribution in [3.63, 3.8) is 0 Å². The molecule has 29 heavy (non-hydrogen) atoms. The topological polar surface area (TPSA) is 72.7 Å². The molecule has 11 heteroatoms. The first-order valence-electron chi connectivity index (χ1n) is 7.92. The molecule has 0 saturated carbocycles. The Hall–Kier alpha value is -2.92. The van der Waals surface area contributed by atoms with Crippen molar-refractivity contribution >= 4 is 46.0 Å². The van der Waals surface area contributed by atoms with Crippen LogP contribution in [0, 0.1) is 10.1 Å². The molecule has 1 saturated heterocycles. The van der Waals surface area contributed by atoms with Gasteiger partial charge in [0.25, 0.3) is 5.91 Å². The molecule has 0 N–H and O–H groups in total. The Bertz CT molecular complexity index is 1050. The third-order valence-electron chi connectivity index (χ3n) is 3.90. The maximum atomic E-state index is 12.9. The van der Waals surface area contributed by atoms with Crippen LogP contribution in [0.15, 0.2) is 47.4 Å². The van der Waals surface area contributed by atoms with Crippen LogP contribution in [0.3, 0.4) is 0 Å². The van der Waals surface area contributed by atoms with Gasteiger partial charge in [-0.25, -0.2) is 0 Å². The summed E-state index contributed by atoms with van der Waals surface area (Å²) in [4.78, 5) is 24.1. The maximum Gasteiger partial charge on any atom is 0.416 e. The summed E-state index contributed by atoms with van der Waals surface area (Å²) in [5.74, 6) is -0.529. The van der Waals surface area contributed by atoms with Crippen molar-refractivity contribution in [2.24, 2.45) is 0 Å². The summed E-state index contributed by atoms with van der Waals surface area (Å²) in [5.41, 5.74) is -1.57. The van der Waals surface area contributed by atoms with Crippen LogP contribution in [0.4, 0.5) is 18.9 Å². The van der Waals surface area contributed by atoms with Crippen LogP contribution in [0.25, 0.3) is 6.08 Å². The Balaban J connectivity index is 2.00. The Morgan fingerprint density at radius 1 is 1.21 bits per heavy atom. The quantitative estimate of drug-likeness (QED) is 0.280. The second-order valence-corrected chi connectivity index (χ2v) is 7.49. The molecule has 2 aromatic carbocycles. The van der Waals surface area contributed by atoms with E-state index in [0.717, 1.165) is 17.8 Å². The molecule has 1 heterocycles. The maximum absolute atomic E-state index is 12.9. The summed E-state index contributed by atoms with van der Waals surface area (Å²) >= 11 is 6.15. The van der Waals surface area contributed by atoms with Gasteiger partial charge in [-0.05, 0) is 24.3 Å². The molecule has 1 amide bonds. The molecular weight excluding hydrogens is 429 g/mol. The average Bonchev–Trinajstić information content (AvgIpc) is 2.89. The van der Waals surface area contributed by atoms with Gasteiger partial charge in [0.2, 0.25) is 5.75 Å². The summed E-state index contributed by atoms with van der Waals surface area (Å²) in [6.07, 6.45) is -3.22. The Labute approximate surface area is 172 Å². The number of nitrogens with zero attached hydrogens (tertiary/aromatic N) is 2. The number of para-hydroxylation sites is 1. The predicted molar refractivity (Wildman–Crippen MR) is 106 cm³/mol. The number of benzene rings is 2. The van der Waals surface area contributed by atoms with E-state index in [4.69, 9.17) is 17.0 Å². The lowest BCUT2D eigenvalue weighted by atomic mass is 10.1. The van der Waals surface area contributed by atoms with Gasteiger partial charge in [0.1, 0.15) is 10.1 Å². The number of rotatable bonds is 4. The van der Waals surface area contributed by atoms with E-state index < -0.39 is 22.4 Å². The van der Waals surface area contributed by atoms with Gasteiger partial charge < -0.3 is 4.74 Å². The molecule has 0 aliphatic carbocycles. The highest BCUT2D eigenvalue weighted by Crippen LogP contribution is 2.39. The number of nitro benzene ring substituents is 1. The summed E-state index contributed by atoms with van der Waals surface area (Å²) in [7, 11) is 1.53. The number of halogens is 3. The Kier molecular flexibility index (Phi) is 5.62. The Morgan fingerprint density at radius 2 is 1.90 bits per heavy atom. The summed E-state index contributed by atoms with van der Waals surface area (Å²) in [5, 5.41) is 11.2. The lowest BCUT2D eigenvalue weighted by Gasteiger charge is -2.11. The molecule has 0 spiro atoms. The number of ether oxygens (including phenoxy) is 1. The number of thiocarbonyl (C=S) groups is 1. The molecule has 6 nitrogen and oxygen atoms in total. The van der Waals surface area contributed by atoms with E-state index in [-0.39, 0.29) is 17.4 Å². The number of alkyl halides is 3. The number of hydrogen-bond donors (Lipinski definition) is 0. The van der Waals surface area contributed by atoms with E-state index >= 15 is 0 Å². The monoisotopic (exact) mass is 440 g/mol. The zero-order valence-corrected chi connectivity index (χ0v) is 16.2. The Morgan fingerprint density at radius 3 is 2.48 bits per heavy atom. The van der Waals surface area contributed by atoms with Crippen LogP contribution in [-0.2, 0) is 11.0 Å². The van der Waals surface area contributed by atoms with Crippen LogP contribution < -0.4 is 4.74 Å². The number of nitro groups is 1. The zero-order valence-electron chi connectivity index (χ0n) is 14.6. The third kappa shape index (κ3) is 4.40. The number of hydrogen-bond acceptors (Lipinski definition) is 6. The molecule has 0 unspecified atom stereocenters. The number of thioether (sulfide) groups is 1. The van der Waals surface area contributed by atoms with Crippen molar-refractivity contribution in [2.45, 2.75) is 6.18 Å². The van der Waals surface area contributed by atoms with Gasteiger partial charge in [-0.1, -0.05) is 42.2 Å². The highest BCUT2D eigenvalue weighted by atomic mass is 32.2. The van der Waals surface area contributed by atoms with E-state index in [0.29, 0.717) is 26.9 Å². The minimum absolute atomic E-state index is 0.136. The number of likely N-dealkylation sites (N-methyl/N-ethyl adjacent to an activating group) is 1. The lowest BCUT2D eigenvalue weighted by molar-refractivity contribution is -0.385. The molecule has 0 aromatic heterocycles. The van der Waals surface area contributed by atoms with Crippen molar-refractivity contribution in [3.8, 4) is 11.5 Å². The van der Waals surface area contributed by atoms with Crippen LogP contribution in [0.2, 0.25) is 0 Å². The van der Waals surface area contributed by atoms with Crippen molar-refractivity contribution in [1.82, 2.24) is 4.90 Å². The summed E-state index contributed by atoms with van der Waals surface area (Å²) in [6, 6.07) is 8.35. The second-order valence-electron chi connectivity index (χ2n) is 5.82. The van der Waals surface area contributed by atoms with E-state index in [1.54, 1.807) is 18.2 Å². The van der Waals surface area contributed by atoms with Gasteiger partial charge in [0, 0.05) is 18.7 Å². The molecule has 0 radical (unpaired) electrons. The van der Waals surface area contributed by atoms with Crippen molar-refractivity contribution < 1.29 is 27.6 Å². The molecule has 1 fully saturated rings. The second kappa shape index (κ2) is 7.84. The molecule has 1 aliphatic rings. The number of carbonyl (C=O) groups is 1. The van der Waals surface area contributed by atoms with Crippen LogP contribution in [-0.4, -0.2) is 27.1 Å². The smallest absolute Gasteiger partial charge is 0.416 e. The third-order valence-corrected chi connectivity index (χ3v) is 5.38. The summed E-state index contributed by atoms with van der Waals surface area (Å²) < 4.78 is 44.5. The first-order chi connectivity index (χ1) is 13.6. The first kappa shape index (κ1) is 20.8. The lowest BCUT2D eigenvalue weighted by Crippen LogP contribution is -2.22. The fraction of sp³-hybridized carbons (Fsp3) is 0.111. The molecule has 3 rings (SSSR count). The first-order valence-corrected chi connectivity index (χ1v) is 9.14. The van der Waals surface area contributed by atoms with Crippen LogP contribution in [0.1, 0.15) is 11.1 Å². The minimum Gasteiger partial charge on any atom is -0.449 e. The number of amides is 1. The van der Waals surface area contributed by atoms with E-state index in [2.05, 4.69) is 0 Å². The van der Waals surface area contributed by atoms with Crippen LogP contribution >= 0.6 is 24.0 Å². The largest absolute Gasteiger partial charge is 0.449 e. The zero-order chi connectivity index (χ0) is 21.3. The SMILES string of the molecule is CN1C(=O)/C(=C/c2ccccc2Oc2ccc(C(F)(F)F)cc2[N+](=O)[O-])SC1=S. The van der Waals surface area contributed by atoms with Gasteiger partial charge >= 0.3 is 11.9 Å². The van der Waals surface area contributed by atoms with Gasteiger partial charge in [-0.2, -0.15) is 13.2 Å². The van der Waals surface area contributed by atoms with Crippen LogP contribution in [0.5, 0.6) is 11.5 Å². The van der Waals surface area contributed by atoms with Crippen molar-refractivity contribution in [1.29, 1.82) is 0 Å². The number of carbonyl (C=O) groups excluding carboxylic acids is 1. The summed E-state index contributed by atoms with van der Waals surface area (Å²) in [6.45, 7) is 0. The average molecular weight is 440 g/mol. The van der Waals surface area contributed by atoms with Crippen molar-refractivity contribution in [3.05, 3.63) is 68.6 Å². The van der Waals surface area contributed by atoms with E-state index in [1.807, 2.05) is 0 Å². The standard InChI is InChI=1S/C18H11F3N2O4S2/c1-22-16(24)15(29-17(22)28)8-10-4-2-3-5-13(10)27-14-7-6-11(18(19,20)21)9-12(14)23(25)26/h2-9H,1H3/b15-8-. The van der Waals surface area contributed by atoms with E-state index in [1.165, 1.54) is 24.1 Å². The minimum atomic E-state index is -4.73. The molecule has 1 aliphatic heterocycles. The highest BCUT2D eigenvalue weighted by Gasteiger charge is 2.33. The van der Waals surface area contributed by atoms with Gasteiger partial charge in [0.15, 0.2) is 0 Å². The van der Waals surface area contributed by atoms with E-state index in [9.17, 15) is 28.1 Å². The van der Waals surface area contributed by atoms with Crippen molar-refractivity contribution in [2.75, 3.05) is 7.05 Å².